The van der Waals surface area contributed by atoms with Crippen LogP contribution in [0.5, 0.6) is 0 Å². The Bertz CT molecular complexity index is 304. The topological polar surface area (TPSA) is 15.3 Å². The van der Waals surface area contributed by atoms with Crippen molar-refractivity contribution in [3.05, 3.63) is 0 Å². The minimum Gasteiger partial charge on any atom is -0.316 e. The van der Waals surface area contributed by atoms with Crippen LogP contribution in [0.2, 0.25) is 0 Å². The Balaban J connectivity index is 1.78. The maximum absolute atomic E-state index is 3.66. The van der Waals surface area contributed by atoms with Crippen molar-refractivity contribution in [2.24, 2.45) is 23.2 Å². The second-order valence-corrected chi connectivity index (χ2v) is 8.37. The lowest BCUT2D eigenvalue weighted by molar-refractivity contribution is 0.141. The highest BCUT2D eigenvalue weighted by Crippen LogP contribution is 2.48. The van der Waals surface area contributed by atoms with Gasteiger partial charge in [-0.25, -0.2) is 0 Å². The largest absolute Gasteiger partial charge is 0.316 e. The summed E-state index contributed by atoms with van der Waals surface area (Å²) in [5.41, 5.74) is 0.441. The summed E-state index contributed by atoms with van der Waals surface area (Å²) in [5.74, 6) is 3.15. The molecule has 2 aliphatic carbocycles. The molecule has 2 fully saturated rings. The molecule has 1 N–H and O–H groups in total. The first kappa shape index (κ1) is 17.3. The van der Waals surface area contributed by atoms with E-state index in [-0.39, 0.29) is 0 Å². The highest BCUT2D eigenvalue weighted by molar-refractivity contribution is 4.91. The van der Waals surface area contributed by atoms with Crippen LogP contribution in [0, 0.1) is 23.2 Å². The molecule has 0 aromatic heterocycles. The number of fused-ring (bicyclic) bond motifs is 2. The van der Waals surface area contributed by atoms with Crippen molar-refractivity contribution in [2.45, 2.75) is 65.7 Å². The summed E-state index contributed by atoms with van der Waals surface area (Å²) in [6.07, 6.45) is 9.99. The van der Waals surface area contributed by atoms with E-state index < -0.39 is 0 Å². The Morgan fingerprint density at radius 3 is 2.52 bits per heavy atom. The zero-order valence-electron chi connectivity index (χ0n) is 15.0. The van der Waals surface area contributed by atoms with Crippen LogP contribution in [0.1, 0.15) is 65.7 Å². The number of nitrogens with zero attached hydrogens (tertiary/aromatic N) is 1. The second-order valence-electron chi connectivity index (χ2n) is 8.37. The van der Waals surface area contributed by atoms with Crippen LogP contribution >= 0.6 is 0 Å². The van der Waals surface area contributed by atoms with Gasteiger partial charge in [0.2, 0.25) is 0 Å². The van der Waals surface area contributed by atoms with Gasteiger partial charge in [0.25, 0.3) is 0 Å². The van der Waals surface area contributed by atoms with Gasteiger partial charge in [0.05, 0.1) is 0 Å². The van der Waals surface area contributed by atoms with Crippen molar-refractivity contribution in [3.63, 3.8) is 0 Å². The van der Waals surface area contributed by atoms with Crippen LogP contribution in [0.4, 0.5) is 0 Å². The lowest BCUT2D eigenvalue weighted by Gasteiger charge is -2.36. The number of rotatable bonds is 10. The molecule has 4 atom stereocenters. The van der Waals surface area contributed by atoms with Gasteiger partial charge in [-0.1, -0.05) is 33.6 Å². The molecule has 4 unspecified atom stereocenters. The Morgan fingerprint density at radius 2 is 1.95 bits per heavy atom. The normalized spacial score (nSPS) is 31.0. The Kier molecular flexibility index (Phi) is 6.55. The maximum atomic E-state index is 3.66. The molecule has 2 bridgehead atoms. The van der Waals surface area contributed by atoms with E-state index in [0.29, 0.717) is 5.41 Å². The fraction of sp³-hybridized carbons (Fsp3) is 1.00. The molecular formula is C19H38N2. The summed E-state index contributed by atoms with van der Waals surface area (Å²) in [6.45, 7) is 12.0. The quantitative estimate of drug-likeness (QED) is 0.609. The molecule has 0 heterocycles. The smallest absolute Gasteiger partial charge is 0.00445 e. The van der Waals surface area contributed by atoms with Gasteiger partial charge in [0.1, 0.15) is 0 Å². The van der Waals surface area contributed by atoms with Crippen molar-refractivity contribution in [3.8, 4) is 0 Å². The highest BCUT2D eigenvalue weighted by atomic mass is 15.1. The first-order chi connectivity index (χ1) is 10.1. The summed E-state index contributed by atoms with van der Waals surface area (Å²) >= 11 is 0. The molecule has 124 valence electrons. The highest BCUT2D eigenvalue weighted by Gasteiger charge is 2.40. The second kappa shape index (κ2) is 7.97. The Hall–Kier alpha value is -0.0800. The van der Waals surface area contributed by atoms with Crippen LogP contribution in [-0.2, 0) is 0 Å². The van der Waals surface area contributed by atoms with Gasteiger partial charge in [-0.2, -0.15) is 0 Å². The molecule has 2 nitrogen and oxygen atoms in total. The molecule has 21 heavy (non-hydrogen) atoms. The predicted octanol–water partition coefficient (Wildman–Crippen LogP) is 4.16. The summed E-state index contributed by atoms with van der Waals surface area (Å²) < 4.78 is 0. The fourth-order valence-corrected chi connectivity index (χ4v) is 5.11. The van der Waals surface area contributed by atoms with E-state index in [1.807, 2.05) is 0 Å². The monoisotopic (exact) mass is 294 g/mol. The van der Waals surface area contributed by atoms with Crippen LogP contribution in [0.15, 0.2) is 0 Å². The summed E-state index contributed by atoms with van der Waals surface area (Å²) in [4.78, 5) is 2.65. The summed E-state index contributed by atoms with van der Waals surface area (Å²) in [5, 5.41) is 3.66. The molecule has 0 spiro atoms. The molecule has 0 aromatic rings. The number of nitrogens with one attached hydrogen (secondary N) is 1. The molecule has 2 aliphatic rings. The average Bonchev–Trinajstić information content (AvgIpc) is 3.01. The van der Waals surface area contributed by atoms with Gasteiger partial charge < -0.3 is 10.2 Å². The van der Waals surface area contributed by atoms with Crippen molar-refractivity contribution in [1.82, 2.24) is 10.2 Å². The third-order valence-electron chi connectivity index (χ3n) is 5.91. The van der Waals surface area contributed by atoms with Crippen molar-refractivity contribution in [1.29, 1.82) is 0 Å². The minimum absolute atomic E-state index is 0.441. The van der Waals surface area contributed by atoms with Gasteiger partial charge in [-0.05, 0) is 68.9 Å². The molecule has 0 aliphatic heterocycles. The molecule has 0 saturated heterocycles. The Labute approximate surface area is 133 Å². The first-order valence-corrected chi connectivity index (χ1v) is 9.45. The minimum atomic E-state index is 0.441. The lowest BCUT2D eigenvalue weighted by Crippen LogP contribution is -2.43. The predicted molar refractivity (Wildman–Crippen MR) is 92.6 cm³/mol. The molecule has 2 heteroatoms. The van der Waals surface area contributed by atoms with E-state index in [1.54, 1.807) is 6.42 Å². The van der Waals surface area contributed by atoms with E-state index in [2.05, 4.69) is 38.0 Å². The molecule has 0 aromatic carbocycles. The van der Waals surface area contributed by atoms with E-state index in [9.17, 15) is 0 Å². The summed E-state index contributed by atoms with van der Waals surface area (Å²) in [7, 11) is 2.36. The molecule has 2 saturated carbocycles. The van der Waals surface area contributed by atoms with Gasteiger partial charge in [0.15, 0.2) is 0 Å². The fourth-order valence-electron chi connectivity index (χ4n) is 5.11. The Morgan fingerprint density at radius 1 is 1.14 bits per heavy atom. The molecule has 0 radical (unpaired) electrons. The van der Waals surface area contributed by atoms with Crippen LogP contribution in [0.3, 0.4) is 0 Å². The first-order valence-electron chi connectivity index (χ1n) is 9.45. The number of hydrogen-bond donors (Lipinski definition) is 1. The van der Waals surface area contributed by atoms with Gasteiger partial charge in [0, 0.05) is 19.6 Å². The van der Waals surface area contributed by atoms with E-state index in [4.69, 9.17) is 0 Å². The zero-order chi connectivity index (χ0) is 15.3. The van der Waals surface area contributed by atoms with E-state index >= 15 is 0 Å². The van der Waals surface area contributed by atoms with Gasteiger partial charge in [-0.3, -0.25) is 0 Å². The standard InChI is InChI=1S/C19H38N2/c1-5-9-19(3,14-20-10-6-2)15-21(4)13-18-12-16-7-8-17(18)11-16/h16-18,20H,5-15H2,1-4H3. The van der Waals surface area contributed by atoms with Crippen LogP contribution < -0.4 is 5.32 Å². The van der Waals surface area contributed by atoms with E-state index in [0.717, 1.165) is 24.3 Å². The van der Waals surface area contributed by atoms with Crippen molar-refractivity contribution in [2.75, 3.05) is 33.2 Å². The van der Waals surface area contributed by atoms with Crippen molar-refractivity contribution >= 4 is 0 Å². The van der Waals surface area contributed by atoms with Crippen LogP contribution in [-0.4, -0.2) is 38.1 Å². The average molecular weight is 295 g/mol. The van der Waals surface area contributed by atoms with Gasteiger partial charge >= 0.3 is 0 Å². The van der Waals surface area contributed by atoms with Crippen LogP contribution in [0.25, 0.3) is 0 Å². The van der Waals surface area contributed by atoms with Crippen molar-refractivity contribution < 1.29 is 0 Å². The third-order valence-corrected chi connectivity index (χ3v) is 5.91. The molecule has 0 amide bonds. The van der Waals surface area contributed by atoms with E-state index in [1.165, 1.54) is 58.2 Å². The lowest BCUT2D eigenvalue weighted by atomic mass is 9.83. The molecular weight excluding hydrogens is 256 g/mol. The number of hydrogen-bond acceptors (Lipinski definition) is 2. The maximum Gasteiger partial charge on any atom is 0.00445 e. The third kappa shape index (κ3) is 4.96. The summed E-state index contributed by atoms with van der Waals surface area (Å²) in [6, 6.07) is 0. The van der Waals surface area contributed by atoms with Gasteiger partial charge in [-0.15, -0.1) is 0 Å². The molecule has 2 rings (SSSR count). The SMILES string of the molecule is CCCNCC(C)(CCC)CN(C)CC1CC2CCC1C2. The zero-order valence-corrected chi connectivity index (χ0v) is 15.0.